The molecular formula is C25H27N5O4. The summed E-state index contributed by atoms with van der Waals surface area (Å²) in [6.45, 7) is 0.498. The number of benzene rings is 2. The van der Waals surface area contributed by atoms with Gasteiger partial charge in [-0.05, 0) is 48.4 Å². The number of anilines is 1. The molecule has 0 spiro atoms. The van der Waals surface area contributed by atoms with Gasteiger partial charge in [-0.15, -0.1) is 0 Å². The topological polar surface area (TPSA) is 106 Å². The Labute approximate surface area is 197 Å². The summed E-state index contributed by atoms with van der Waals surface area (Å²) in [5, 5.41) is 5.60. The molecule has 9 nitrogen and oxygen atoms in total. The van der Waals surface area contributed by atoms with Gasteiger partial charge in [-0.25, -0.2) is 4.98 Å². The molecule has 0 aliphatic carbocycles. The van der Waals surface area contributed by atoms with Crippen LogP contribution < -0.4 is 20.3 Å². The molecular weight excluding hydrogens is 434 g/mol. The number of aryl methyl sites for hydroxylation is 1. The minimum absolute atomic E-state index is 0.0907. The zero-order chi connectivity index (χ0) is 24.1. The van der Waals surface area contributed by atoms with E-state index in [4.69, 9.17) is 4.74 Å². The number of carbonyl (C=O) groups excluding carboxylic acids is 3. The second-order valence-electron chi connectivity index (χ2n) is 8.05. The lowest BCUT2D eigenvalue weighted by molar-refractivity contribution is -0.120. The zero-order valence-corrected chi connectivity index (χ0v) is 19.2. The number of carbonyl (C=O) groups is 3. The van der Waals surface area contributed by atoms with Crippen LogP contribution in [0.5, 0.6) is 5.75 Å². The number of imidazole rings is 1. The van der Waals surface area contributed by atoms with Crippen LogP contribution in [0, 0.1) is 0 Å². The van der Waals surface area contributed by atoms with Gasteiger partial charge in [-0.2, -0.15) is 0 Å². The summed E-state index contributed by atoms with van der Waals surface area (Å²) in [6.07, 6.45) is 4.86. The van der Waals surface area contributed by atoms with Crippen molar-refractivity contribution < 1.29 is 19.1 Å². The first-order valence-electron chi connectivity index (χ1n) is 11.1. The van der Waals surface area contributed by atoms with E-state index in [1.165, 1.54) is 0 Å². The summed E-state index contributed by atoms with van der Waals surface area (Å²) >= 11 is 0. The Hall–Kier alpha value is -4.14. The molecule has 9 heteroatoms. The van der Waals surface area contributed by atoms with Crippen molar-refractivity contribution in [1.29, 1.82) is 0 Å². The van der Waals surface area contributed by atoms with Crippen LogP contribution in [0.25, 0.3) is 0 Å². The molecule has 0 radical (unpaired) electrons. The van der Waals surface area contributed by atoms with E-state index in [9.17, 15) is 14.4 Å². The van der Waals surface area contributed by atoms with E-state index in [-0.39, 0.29) is 24.3 Å². The van der Waals surface area contributed by atoms with Gasteiger partial charge < -0.3 is 24.8 Å². The molecule has 2 aromatic carbocycles. The van der Waals surface area contributed by atoms with Crippen molar-refractivity contribution in [3.8, 4) is 5.75 Å². The predicted octanol–water partition coefficient (Wildman–Crippen LogP) is 2.19. The van der Waals surface area contributed by atoms with Crippen LogP contribution in [-0.2, 0) is 16.6 Å². The van der Waals surface area contributed by atoms with Gasteiger partial charge in [0.15, 0.2) is 0 Å². The number of hydrogen-bond acceptors (Lipinski definition) is 5. The Balaban J connectivity index is 1.39. The molecule has 0 unspecified atom stereocenters. The fraction of sp³-hybridized carbons (Fsp3) is 0.280. The van der Waals surface area contributed by atoms with Crippen LogP contribution >= 0.6 is 0 Å². The highest BCUT2D eigenvalue weighted by atomic mass is 16.5. The fourth-order valence-corrected chi connectivity index (χ4v) is 3.94. The van der Waals surface area contributed by atoms with Crippen molar-refractivity contribution in [2.45, 2.75) is 18.9 Å². The van der Waals surface area contributed by atoms with E-state index < -0.39 is 6.04 Å². The Morgan fingerprint density at radius 3 is 2.44 bits per heavy atom. The van der Waals surface area contributed by atoms with Crippen LogP contribution in [0.2, 0.25) is 0 Å². The number of hydrogen-bond donors (Lipinski definition) is 2. The van der Waals surface area contributed by atoms with E-state index in [0.29, 0.717) is 30.1 Å². The van der Waals surface area contributed by atoms with Gasteiger partial charge in [0.2, 0.25) is 11.8 Å². The molecule has 176 valence electrons. The Morgan fingerprint density at radius 1 is 1.12 bits per heavy atom. The molecule has 1 aliphatic rings. The smallest absolute Gasteiger partial charge is 0.251 e. The molecule has 0 bridgehead atoms. The number of aromatic nitrogens is 2. The van der Waals surface area contributed by atoms with Crippen LogP contribution in [0.4, 0.5) is 5.69 Å². The average molecular weight is 462 g/mol. The first-order chi connectivity index (χ1) is 16.5. The lowest BCUT2D eigenvalue weighted by Crippen LogP contribution is -2.39. The molecule has 2 N–H and O–H groups in total. The third-order valence-corrected chi connectivity index (χ3v) is 5.80. The minimum Gasteiger partial charge on any atom is -0.497 e. The zero-order valence-electron chi connectivity index (χ0n) is 19.2. The van der Waals surface area contributed by atoms with Crippen molar-refractivity contribution in [3.63, 3.8) is 0 Å². The number of methoxy groups -OCH3 is 1. The maximum absolute atomic E-state index is 12.7. The molecule has 3 amide bonds. The van der Waals surface area contributed by atoms with Crippen molar-refractivity contribution in [1.82, 2.24) is 20.2 Å². The quantitative estimate of drug-likeness (QED) is 0.535. The fourth-order valence-electron chi connectivity index (χ4n) is 3.94. The molecule has 1 atom stereocenters. The maximum Gasteiger partial charge on any atom is 0.251 e. The van der Waals surface area contributed by atoms with Gasteiger partial charge in [-0.1, -0.05) is 12.1 Å². The van der Waals surface area contributed by atoms with Crippen LogP contribution in [0.1, 0.15) is 40.6 Å². The monoisotopic (exact) mass is 461 g/mol. The second kappa shape index (κ2) is 10.2. The van der Waals surface area contributed by atoms with Crippen molar-refractivity contribution in [2.75, 3.05) is 25.1 Å². The molecule has 4 rings (SSSR count). The highest BCUT2D eigenvalue weighted by Crippen LogP contribution is 2.23. The summed E-state index contributed by atoms with van der Waals surface area (Å²) in [7, 11) is 3.45. The van der Waals surface area contributed by atoms with Crippen molar-refractivity contribution >= 4 is 23.4 Å². The standard InChI is InChI=1S/C25H27N5O4/c1-29-15-13-26-24(29)23(17-7-11-20(34-2)12-8-17)28-21(31)16-27-25(33)18-5-9-19(10-6-18)30-14-3-4-22(30)32/h5-13,15,23H,3-4,14,16H2,1-2H3,(H,27,33)(H,28,31)/t23-/m0/s1. The van der Waals surface area contributed by atoms with Crippen LogP contribution in [0.3, 0.4) is 0 Å². The van der Waals surface area contributed by atoms with E-state index in [1.54, 1.807) is 48.7 Å². The Kier molecular flexibility index (Phi) is 6.91. The number of nitrogens with one attached hydrogen (secondary N) is 2. The second-order valence-corrected chi connectivity index (χ2v) is 8.05. The minimum atomic E-state index is -0.493. The predicted molar refractivity (Wildman–Crippen MR) is 127 cm³/mol. The summed E-state index contributed by atoms with van der Waals surface area (Å²) in [5.41, 5.74) is 2.02. The van der Waals surface area contributed by atoms with E-state index in [2.05, 4.69) is 15.6 Å². The lowest BCUT2D eigenvalue weighted by Gasteiger charge is -2.20. The normalized spacial score (nSPS) is 14.1. The molecule has 3 aromatic rings. The van der Waals surface area contributed by atoms with Crippen molar-refractivity contribution in [3.05, 3.63) is 77.9 Å². The van der Waals surface area contributed by atoms with E-state index in [1.807, 2.05) is 35.9 Å². The molecule has 1 aromatic heterocycles. The highest BCUT2D eigenvalue weighted by Gasteiger charge is 2.23. The first kappa shape index (κ1) is 23.0. The summed E-state index contributed by atoms with van der Waals surface area (Å²) in [4.78, 5) is 43.3. The van der Waals surface area contributed by atoms with Crippen LogP contribution in [-0.4, -0.2) is 47.5 Å². The average Bonchev–Trinajstić information content (AvgIpc) is 3.49. The van der Waals surface area contributed by atoms with Gasteiger partial charge in [0.05, 0.1) is 13.7 Å². The van der Waals surface area contributed by atoms with E-state index >= 15 is 0 Å². The summed E-state index contributed by atoms with van der Waals surface area (Å²) in [6, 6.07) is 13.7. The Bertz CT molecular complexity index is 1170. The highest BCUT2D eigenvalue weighted by molar-refractivity contribution is 5.98. The third-order valence-electron chi connectivity index (χ3n) is 5.80. The van der Waals surface area contributed by atoms with Crippen molar-refractivity contribution in [2.24, 2.45) is 7.05 Å². The maximum atomic E-state index is 12.7. The first-order valence-corrected chi connectivity index (χ1v) is 11.1. The number of nitrogens with zero attached hydrogens (tertiary/aromatic N) is 3. The molecule has 1 saturated heterocycles. The molecule has 1 aliphatic heterocycles. The summed E-state index contributed by atoms with van der Waals surface area (Å²) < 4.78 is 7.05. The third kappa shape index (κ3) is 5.09. The number of ether oxygens (including phenoxy) is 1. The van der Waals surface area contributed by atoms with E-state index in [0.717, 1.165) is 17.7 Å². The molecule has 1 fully saturated rings. The summed E-state index contributed by atoms with van der Waals surface area (Å²) in [5.74, 6) is 0.745. The van der Waals surface area contributed by atoms with Gasteiger partial charge in [0.25, 0.3) is 5.91 Å². The van der Waals surface area contributed by atoms with Crippen LogP contribution in [0.15, 0.2) is 60.9 Å². The molecule has 2 heterocycles. The number of rotatable bonds is 8. The van der Waals surface area contributed by atoms with Gasteiger partial charge in [-0.3, -0.25) is 14.4 Å². The lowest BCUT2D eigenvalue weighted by atomic mass is 10.1. The van der Waals surface area contributed by atoms with Gasteiger partial charge >= 0.3 is 0 Å². The van der Waals surface area contributed by atoms with Gasteiger partial charge in [0.1, 0.15) is 17.6 Å². The number of amides is 3. The molecule has 0 saturated carbocycles. The van der Waals surface area contributed by atoms with Gasteiger partial charge in [0, 0.05) is 43.7 Å². The SMILES string of the molecule is COc1ccc([C@H](NC(=O)CNC(=O)c2ccc(N3CCCC3=O)cc2)c2nccn2C)cc1. The Morgan fingerprint density at radius 2 is 1.85 bits per heavy atom. The molecule has 34 heavy (non-hydrogen) atoms. The largest absolute Gasteiger partial charge is 0.497 e.